The maximum atomic E-state index is 10.9. The predicted molar refractivity (Wildman–Crippen MR) is 114 cm³/mol. The van der Waals surface area contributed by atoms with E-state index in [0.29, 0.717) is 12.4 Å². The van der Waals surface area contributed by atoms with Crippen LogP contribution >= 0.6 is 11.3 Å². The number of hydrogen-bond acceptors (Lipinski definition) is 7. The largest absolute Gasteiger partial charge is 0.390 e. The van der Waals surface area contributed by atoms with Crippen LogP contribution in [0.25, 0.3) is 27.3 Å². The lowest BCUT2D eigenvalue weighted by Crippen LogP contribution is -2.04. The van der Waals surface area contributed by atoms with E-state index in [2.05, 4.69) is 29.0 Å². The third-order valence-corrected chi connectivity index (χ3v) is 6.32. The smallest absolute Gasteiger partial charge is 0.358 e. The molecular formula is C20H17N7O2S. The van der Waals surface area contributed by atoms with E-state index in [4.69, 9.17) is 4.98 Å². The van der Waals surface area contributed by atoms with Crippen LogP contribution in [0.1, 0.15) is 21.7 Å². The zero-order valence-corrected chi connectivity index (χ0v) is 17.3. The predicted octanol–water partition coefficient (Wildman–Crippen LogP) is 4.08. The molecule has 0 saturated carbocycles. The molecule has 0 fully saturated rings. The number of thiophene rings is 1. The van der Waals surface area contributed by atoms with Gasteiger partial charge in [0.15, 0.2) is 11.5 Å². The minimum absolute atomic E-state index is 0.142. The van der Waals surface area contributed by atoms with Gasteiger partial charge in [-0.05, 0) is 36.8 Å². The van der Waals surface area contributed by atoms with Crippen LogP contribution in [0.2, 0.25) is 0 Å². The maximum absolute atomic E-state index is 10.9. The van der Waals surface area contributed by atoms with Crippen LogP contribution in [0.3, 0.4) is 0 Å². The van der Waals surface area contributed by atoms with E-state index in [1.165, 1.54) is 16.5 Å². The molecule has 150 valence electrons. The number of hydrogen-bond donors (Lipinski definition) is 0. The highest BCUT2D eigenvalue weighted by atomic mass is 32.1. The first-order valence-corrected chi connectivity index (χ1v) is 10.1. The Morgan fingerprint density at radius 3 is 2.60 bits per heavy atom. The van der Waals surface area contributed by atoms with Gasteiger partial charge in [-0.2, -0.15) is 4.68 Å². The molecule has 10 heteroatoms. The number of nitro groups is 1. The first-order chi connectivity index (χ1) is 14.4. The van der Waals surface area contributed by atoms with Crippen molar-refractivity contribution in [3.05, 3.63) is 68.5 Å². The fourth-order valence-corrected chi connectivity index (χ4v) is 4.43. The average molecular weight is 419 g/mol. The van der Waals surface area contributed by atoms with Gasteiger partial charge in [0.25, 0.3) is 0 Å². The monoisotopic (exact) mass is 419 g/mol. The molecule has 5 aromatic rings. The first-order valence-electron chi connectivity index (χ1n) is 9.30. The molecule has 4 heterocycles. The van der Waals surface area contributed by atoms with Crippen LogP contribution in [0.4, 0.5) is 5.82 Å². The van der Waals surface area contributed by atoms with Gasteiger partial charge in [0.05, 0.1) is 28.8 Å². The first kappa shape index (κ1) is 18.4. The summed E-state index contributed by atoms with van der Waals surface area (Å²) in [5.74, 6) is 0.488. The van der Waals surface area contributed by atoms with Crippen LogP contribution in [0.15, 0.2) is 36.7 Å². The van der Waals surface area contributed by atoms with Crippen LogP contribution in [0, 0.1) is 30.9 Å². The van der Waals surface area contributed by atoms with Crippen molar-refractivity contribution in [3.63, 3.8) is 0 Å². The van der Waals surface area contributed by atoms with Gasteiger partial charge in [-0.1, -0.05) is 24.3 Å². The number of fused-ring (bicyclic) bond motifs is 3. The van der Waals surface area contributed by atoms with Gasteiger partial charge in [0, 0.05) is 10.4 Å². The van der Waals surface area contributed by atoms with Crippen LogP contribution in [-0.2, 0) is 6.54 Å². The molecule has 1 aromatic carbocycles. The van der Waals surface area contributed by atoms with Gasteiger partial charge >= 0.3 is 5.82 Å². The van der Waals surface area contributed by atoms with Crippen LogP contribution in [-0.4, -0.2) is 34.3 Å². The summed E-state index contributed by atoms with van der Waals surface area (Å²) < 4.78 is 3.34. The summed E-state index contributed by atoms with van der Waals surface area (Å²) in [7, 11) is 0. The zero-order chi connectivity index (χ0) is 21.0. The molecule has 0 spiro atoms. The van der Waals surface area contributed by atoms with Crippen molar-refractivity contribution in [2.75, 3.05) is 0 Å². The van der Waals surface area contributed by atoms with Crippen molar-refractivity contribution in [2.24, 2.45) is 0 Å². The number of nitrogens with zero attached hydrogens (tertiary/aromatic N) is 7. The van der Waals surface area contributed by atoms with Crippen molar-refractivity contribution >= 4 is 33.0 Å². The topological polar surface area (TPSA) is 104 Å². The third-order valence-electron chi connectivity index (χ3n) is 5.21. The highest BCUT2D eigenvalue weighted by Gasteiger charge is 2.17. The minimum Gasteiger partial charge on any atom is -0.358 e. The fraction of sp³-hybridized carbons (Fsp3) is 0.200. The Hall–Kier alpha value is -3.66. The number of aryl methyl sites for hydroxylation is 3. The molecule has 0 saturated heterocycles. The quantitative estimate of drug-likeness (QED) is 0.321. The molecule has 0 aliphatic rings. The van der Waals surface area contributed by atoms with E-state index in [1.54, 1.807) is 33.8 Å². The Morgan fingerprint density at radius 1 is 1.13 bits per heavy atom. The van der Waals surface area contributed by atoms with Gasteiger partial charge < -0.3 is 10.1 Å². The average Bonchev–Trinajstić information content (AvgIpc) is 3.39. The van der Waals surface area contributed by atoms with E-state index < -0.39 is 4.92 Å². The molecule has 0 unspecified atom stereocenters. The molecule has 5 rings (SSSR count). The maximum Gasteiger partial charge on any atom is 0.390 e. The molecule has 0 aliphatic heterocycles. The number of benzene rings is 1. The minimum atomic E-state index is -0.482. The highest BCUT2D eigenvalue weighted by Crippen LogP contribution is 2.31. The van der Waals surface area contributed by atoms with Crippen molar-refractivity contribution in [3.8, 4) is 11.4 Å². The Balaban J connectivity index is 1.47. The summed E-state index contributed by atoms with van der Waals surface area (Å²) in [6.45, 7) is 6.43. The standard InChI is InChI=1S/C20H17N7O2S/c1-11-8-16(27(28)29)23-25(11)9-14-4-6-15(7-5-14)18-22-19-17-12(2)13(3)30-20(17)21-10-26(19)24-18/h4-8,10H,9H2,1-3H3. The lowest BCUT2D eigenvalue weighted by molar-refractivity contribution is -0.389. The fourth-order valence-electron chi connectivity index (χ4n) is 3.44. The summed E-state index contributed by atoms with van der Waals surface area (Å²) in [4.78, 5) is 21.9. The molecular weight excluding hydrogens is 402 g/mol. The van der Waals surface area contributed by atoms with Gasteiger partial charge in [0.2, 0.25) is 0 Å². The Morgan fingerprint density at radius 2 is 1.90 bits per heavy atom. The second-order valence-electron chi connectivity index (χ2n) is 7.17. The summed E-state index contributed by atoms with van der Waals surface area (Å²) >= 11 is 1.66. The number of rotatable bonds is 4. The highest BCUT2D eigenvalue weighted by molar-refractivity contribution is 7.18. The van der Waals surface area contributed by atoms with E-state index in [9.17, 15) is 10.1 Å². The summed E-state index contributed by atoms with van der Waals surface area (Å²) in [5, 5.41) is 20.6. The Bertz CT molecular complexity index is 1430. The molecule has 9 nitrogen and oxygen atoms in total. The second kappa shape index (κ2) is 6.70. The summed E-state index contributed by atoms with van der Waals surface area (Å²) in [6.07, 6.45) is 1.70. The van der Waals surface area contributed by atoms with Gasteiger partial charge in [-0.25, -0.2) is 14.5 Å². The summed E-state index contributed by atoms with van der Waals surface area (Å²) in [5.41, 5.74) is 4.61. The molecule has 0 amide bonds. The normalized spacial score (nSPS) is 11.6. The molecule has 0 N–H and O–H groups in total. The van der Waals surface area contributed by atoms with Crippen molar-refractivity contribution in [1.29, 1.82) is 0 Å². The van der Waals surface area contributed by atoms with E-state index in [0.717, 1.165) is 32.7 Å². The van der Waals surface area contributed by atoms with E-state index >= 15 is 0 Å². The van der Waals surface area contributed by atoms with Crippen LogP contribution in [0.5, 0.6) is 0 Å². The lowest BCUT2D eigenvalue weighted by atomic mass is 10.1. The summed E-state index contributed by atoms with van der Waals surface area (Å²) in [6, 6.07) is 9.29. The van der Waals surface area contributed by atoms with Gasteiger partial charge in [-0.15, -0.1) is 16.4 Å². The van der Waals surface area contributed by atoms with Crippen molar-refractivity contribution < 1.29 is 4.92 Å². The zero-order valence-electron chi connectivity index (χ0n) is 16.5. The van der Waals surface area contributed by atoms with Gasteiger partial charge in [0.1, 0.15) is 11.2 Å². The van der Waals surface area contributed by atoms with Crippen molar-refractivity contribution in [2.45, 2.75) is 27.3 Å². The molecule has 30 heavy (non-hydrogen) atoms. The Labute approximate surface area is 174 Å². The molecule has 0 radical (unpaired) electrons. The number of aromatic nitrogens is 6. The van der Waals surface area contributed by atoms with Crippen molar-refractivity contribution in [1.82, 2.24) is 29.4 Å². The lowest BCUT2D eigenvalue weighted by Gasteiger charge is -2.02. The molecule has 0 bridgehead atoms. The SMILES string of the molecule is Cc1sc2ncn3nc(-c4ccc(Cn5nc([N+](=O)[O-])cc5C)cc4)nc3c2c1C. The molecule has 4 aromatic heterocycles. The molecule has 0 aliphatic carbocycles. The van der Waals surface area contributed by atoms with Gasteiger partial charge in [-0.3, -0.25) is 0 Å². The van der Waals surface area contributed by atoms with E-state index in [1.807, 2.05) is 24.3 Å². The van der Waals surface area contributed by atoms with Crippen LogP contribution < -0.4 is 0 Å². The third kappa shape index (κ3) is 2.92. The Kier molecular flexibility index (Phi) is 4.10. The van der Waals surface area contributed by atoms with E-state index in [-0.39, 0.29) is 5.82 Å². The second-order valence-corrected chi connectivity index (χ2v) is 8.37. The molecule has 0 atom stereocenters.